The highest BCUT2D eigenvalue weighted by Crippen LogP contribution is 2.26. The third kappa shape index (κ3) is 3.13. The second kappa shape index (κ2) is 6.17. The van der Waals surface area contributed by atoms with Crippen LogP contribution >= 0.6 is 15.9 Å². The minimum atomic E-state index is -0.564. The number of aliphatic hydroxyl groups is 1. The van der Waals surface area contributed by atoms with E-state index in [-0.39, 0.29) is 0 Å². The van der Waals surface area contributed by atoms with Gasteiger partial charge in [0.25, 0.3) is 0 Å². The van der Waals surface area contributed by atoms with Crippen LogP contribution in [0.25, 0.3) is 0 Å². The summed E-state index contributed by atoms with van der Waals surface area (Å²) in [6.45, 7) is 8.70. The fourth-order valence-corrected chi connectivity index (χ4v) is 2.50. The lowest BCUT2D eigenvalue weighted by Crippen LogP contribution is -2.40. The minimum Gasteiger partial charge on any atom is -0.390 e. The molecular formula is C13H23BrN2O2. The number of ether oxygens (including phenoxy) is 1. The summed E-state index contributed by atoms with van der Waals surface area (Å²) in [5.74, 6) is 0. The molecule has 0 fully saturated rings. The Hall–Kier alpha value is -0.390. The molecule has 1 rings (SSSR count). The molecule has 0 amide bonds. The highest BCUT2D eigenvalue weighted by atomic mass is 79.9. The lowest BCUT2D eigenvalue weighted by atomic mass is 9.97. The number of methoxy groups -OCH3 is 1. The molecule has 1 aromatic rings. The van der Waals surface area contributed by atoms with Gasteiger partial charge in [-0.25, -0.2) is 0 Å². The number of rotatable bonds is 6. The van der Waals surface area contributed by atoms with E-state index in [0.717, 1.165) is 28.8 Å². The summed E-state index contributed by atoms with van der Waals surface area (Å²) in [7, 11) is 1.62. The summed E-state index contributed by atoms with van der Waals surface area (Å²) in [6, 6.07) is 0. The predicted octanol–water partition coefficient (Wildman–Crippen LogP) is 2.56. The first-order valence-electron chi connectivity index (χ1n) is 6.34. The molecule has 0 saturated carbocycles. The number of aromatic nitrogens is 2. The van der Waals surface area contributed by atoms with Crippen LogP contribution < -0.4 is 0 Å². The van der Waals surface area contributed by atoms with Crippen molar-refractivity contribution in [3.8, 4) is 0 Å². The molecule has 0 spiro atoms. The number of hydrogen-bond donors (Lipinski definition) is 1. The van der Waals surface area contributed by atoms with Crippen molar-refractivity contribution in [3.63, 3.8) is 0 Å². The summed E-state index contributed by atoms with van der Waals surface area (Å²) in [5, 5.41) is 14.8. The van der Waals surface area contributed by atoms with Gasteiger partial charge in [0.15, 0.2) is 0 Å². The van der Waals surface area contributed by atoms with Crippen LogP contribution in [0.5, 0.6) is 0 Å². The van der Waals surface area contributed by atoms with Gasteiger partial charge in [0.1, 0.15) is 0 Å². The second-order valence-corrected chi connectivity index (χ2v) is 5.70. The second-order valence-electron chi connectivity index (χ2n) is 4.90. The van der Waals surface area contributed by atoms with Crippen molar-refractivity contribution in [1.29, 1.82) is 0 Å². The van der Waals surface area contributed by atoms with E-state index in [1.54, 1.807) is 7.11 Å². The number of hydrogen-bond acceptors (Lipinski definition) is 3. The highest BCUT2D eigenvalue weighted by Gasteiger charge is 2.29. The van der Waals surface area contributed by atoms with Gasteiger partial charge in [-0.15, -0.1) is 0 Å². The van der Waals surface area contributed by atoms with Crippen molar-refractivity contribution in [2.45, 2.75) is 58.8 Å². The number of halogens is 1. The molecule has 0 bridgehead atoms. The van der Waals surface area contributed by atoms with Crippen molar-refractivity contribution in [1.82, 2.24) is 9.78 Å². The third-order valence-electron chi connectivity index (χ3n) is 3.41. The molecule has 0 saturated heterocycles. The first-order chi connectivity index (χ1) is 8.37. The van der Waals surface area contributed by atoms with Gasteiger partial charge in [-0.05, 0) is 43.1 Å². The van der Waals surface area contributed by atoms with E-state index < -0.39 is 11.7 Å². The molecule has 1 aromatic heterocycles. The Kier molecular flexibility index (Phi) is 5.37. The van der Waals surface area contributed by atoms with Crippen LogP contribution in [0.4, 0.5) is 0 Å². The Morgan fingerprint density at radius 1 is 1.44 bits per heavy atom. The first kappa shape index (κ1) is 15.7. The van der Waals surface area contributed by atoms with E-state index in [4.69, 9.17) is 4.74 Å². The molecule has 1 N–H and O–H groups in total. The van der Waals surface area contributed by atoms with Gasteiger partial charge in [0.05, 0.1) is 27.6 Å². The van der Waals surface area contributed by atoms with E-state index in [9.17, 15) is 5.11 Å². The molecule has 0 aliphatic carbocycles. The average Bonchev–Trinajstić information content (AvgIpc) is 2.66. The van der Waals surface area contributed by atoms with Crippen molar-refractivity contribution in [2.24, 2.45) is 0 Å². The zero-order valence-corrected chi connectivity index (χ0v) is 13.4. The lowest BCUT2D eigenvalue weighted by molar-refractivity contribution is -0.0771. The molecule has 1 heterocycles. The minimum absolute atomic E-state index is 0.530. The molecule has 0 radical (unpaired) electrons. The first-order valence-corrected chi connectivity index (χ1v) is 7.13. The van der Waals surface area contributed by atoms with Gasteiger partial charge in [-0.1, -0.05) is 6.92 Å². The molecule has 1 unspecified atom stereocenters. The third-order valence-corrected chi connectivity index (χ3v) is 4.32. The van der Waals surface area contributed by atoms with Gasteiger partial charge >= 0.3 is 0 Å². The summed E-state index contributed by atoms with van der Waals surface area (Å²) in [6.07, 6.45) is 0.845. The van der Waals surface area contributed by atoms with E-state index >= 15 is 0 Å². The Bertz CT molecular complexity index is 402. The molecular weight excluding hydrogens is 296 g/mol. The van der Waals surface area contributed by atoms with Crippen LogP contribution in [-0.4, -0.2) is 33.7 Å². The van der Waals surface area contributed by atoms with Crippen molar-refractivity contribution >= 4 is 15.9 Å². The quantitative estimate of drug-likeness (QED) is 0.876. The average molecular weight is 319 g/mol. The van der Waals surface area contributed by atoms with E-state index in [1.165, 1.54) is 0 Å². The molecule has 18 heavy (non-hydrogen) atoms. The lowest BCUT2D eigenvalue weighted by Gasteiger charge is -2.29. The van der Waals surface area contributed by atoms with Crippen LogP contribution in [0.15, 0.2) is 4.47 Å². The summed E-state index contributed by atoms with van der Waals surface area (Å²) in [5.41, 5.74) is 1.51. The molecule has 0 aliphatic heterocycles. The van der Waals surface area contributed by atoms with E-state index in [1.807, 2.05) is 18.5 Å². The monoisotopic (exact) mass is 318 g/mol. The van der Waals surface area contributed by atoms with Crippen LogP contribution in [0.3, 0.4) is 0 Å². The van der Waals surface area contributed by atoms with Gasteiger partial charge in [-0.3, -0.25) is 4.68 Å². The maximum absolute atomic E-state index is 10.3. The van der Waals surface area contributed by atoms with Crippen LogP contribution in [0.2, 0.25) is 0 Å². The Morgan fingerprint density at radius 2 is 2.06 bits per heavy atom. The predicted molar refractivity (Wildman–Crippen MR) is 75.8 cm³/mol. The van der Waals surface area contributed by atoms with Crippen molar-refractivity contribution in [3.05, 3.63) is 15.9 Å². The van der Waals surface area contributed by atoms with Crippen LogP contribution in [0.1, 0.15) is 39.1 Å². The molecule has 104 valence electrons. The zero-order valence-electron chi connectivity index (χ0n) is 11.8. The largest absolute Gasteiger partial charge is 0.390 e. The molecule has 1 atom stereocenters. The SMILES string of the molecule is CCc1nn(CC)c(CC(O)C(C)(C)OC)c1Br. The van der Waals surface area contributed by atoms with E-state index in [0.29, 0.717) is 6.42 Å². The summed E-state index contributed by atoms with van der Waals surface area (Å²) >= 11 is 3.58. The molecule has 4 nitrogen and oxygen atoms in total. The van der Waals surface area contributed by atoms with Crippen molar-refractivity contribution < 1.29 is 9.84 Å². The van der Waals surface area contributed by atoms with Crippen LogP contribution in [0, 0.1) is 0 Å². The Labute approximate surface area is 117 Å². The normalized spacial score (nSPS) is 13.9. The molecule has 0 aromatic carbocycles. The molecule has 0 aliphatic rings. The zero-order chi connectivity index (χ0) is 13.9. The number of nitrogens with zero attached hydrogens (tertiary/aromatic N) is 2. The standard InChI is InChI=1S/C13H23BrN2O2/c1-6-9-12(14)10(16(7-2)15-9)8-11(17)13(3,4)18-5/h11,17H,6-8H2,1-5H3. The summed E-state index contributed by atoms with van der Waals surface area (Å²) < 4.78 is 8.28. The Balaban J connectivity index is 3.00. The van der Waals surface area contributed by atoms with E-state index in [2.05, 4.69) is 34.9 Å². The number of aryl methyl sites for hydroxylation is 2. The maximum atomic E-state index is 10.3. The van der Waals surface area contributed by atoms with Gasteiger partial charge in [-0.2, -0.15) is 5.10 Å². The fraction of sp³-hybridized carbons (Fsp3) is 0.769. The van der Waals surface area contributed by atoms with Gasteiger partial charge in [0.2, 0.25) is 0 Å². The van der Waals surface area contributed by atoms with Crippen LogP contribution in [-0.2, 0) is 24.1 Å². The maximum Gasteiger partial charge on any atom is 0.0884 e. The smallest absolute Gasteiger partial charge is 0.0884 e. The Morgan fingerprint density at radius 3 is 2.50 bits per heavy atom. The fourth-order valence-electron chi connectivity index (χ4n) is 1.78. The van der Waals surface area contributed by atoms with Gasteiger partial charge < -0.3 is 9.84 Å². The van der Waals surface area contributed by atoms with Crippen molar-refractivity contribution in [2.75, 3.05) is 7.11 Å². The summed E-state index contributed by atoms with van der Waals surface area (Å²) in [4.78, 5) is 0. The number of aliphatic hydroxyl groups excluding tert-OH is 1. The highest BCUT2D eigenvalue weighted by molar-refractivity contribution is 9.10. The molecule has 5 heteroatoms. The topological polar surface area (TPSA) is 47.3 Å². The van der Waals surface area contributed by atoms with Gasteiger partial charge in [0, 0.05) is 20.1 Å².